The number of benzene rings is 1. The molecule has 1 aromatic carbocycles. The molecule has 0 amide bonds. The van der Waals surface area contributed by atoms with E-state index in [0.717, 1.165) is 18.7 Å². The highest BCUT2D eigenvalue weighted by Gasteiger charge is 2.24. The fourth-order valence-corrected chi connectivity index (χ4v) is 1.77. The third kappa shape index (κ3) is 2.72. The van der Waals surface area contributed by atoms with E-state index >= 15 is 0 Å². The van der Waals surface area contributed by atoms with Crippen molar-refractivity contribution in [1.82, 2.24) is 0 Å². The molecular formula is C13H19NO. The molecule has 1 aliphatic carbocycles. The summed E-state index contributed by atoms with van der Waals surface area (Å²) in [5.74, 6) is 1.55. The predicted octanol–water partition coefficient (Wildman–Crippen LogP) is 2.68. The zero-order valence-corrected chi connectivity index (χ0v) is 9.28. The second-order valence-electron chi connectivity index (χ2n) is 4.33. The topological polar surface area (TPSA) is 35.2 Å². The molecule has 2 nitrogen and oxygen atoms in total. The molecule has 0 aliphatic heterocycles. The van der Waals surface area contributed by atoms with Crippen LogP contribution >= 0.6 is 0 Å². The molecule has 2 heteroatoms. The zero-order chi connectivity index (χ0) is 10.7. The molecule has 2 N–H and O–H groups in total. The summed E-state index contributed by atoms with van der Waals surface area (Å²) in [7, 11) is 0. The smallest absolute Gasteiger partial charge is 0.123 e. The Bertz CT molecular complexity index is 320. The maximum atomic E-state index is 5.88. The monoisotopic (exact) mass is 205 g/mol. The van der Waals surface area contributed by atoms with Crippen LogP contribution in [0.5, 0.6) is 5.75 Å². The minimum atomic E-state index is 0.469. The van der Waals surface area contributed by atoms with Gasteiger partial charge in [-0.15, -0.1) is 0 Å². The number of hydrogen-bond acceptors (Lipinski definition) is 2. The lowest BCUT2D eigenvalue weighted by molar-refractivity contribution is 0.298. The molecule has 0 aromatic heterocycles. The van der Waals surface area contributed by atoms with Crippen molar-refractivity contribution in [3.8, 4) is 5.75 Å². The molecule has 1 aliphatic rings. The number of para-hydroxylation sites is 1. The molecule has 0 heterocycles. The minimum absolute atomic E-state index is 0.469. The maximum Gasteiger partial charge on any atom is 0.123 e. The van der Waals surface area contributed by atoms with E-state index in [1.807, 2.05) is 6.07 Å². The van der Waals surface area contributed by atoms with Gasteiger partial charge in [0, 0.05) is 0 Å². The van der Waals surface area contributed by atoms with E-state index < -0.39 is 0 Å². The van der Waals surface area contributed by atoms with Crippen LogP contribution in [-0.2, 0) is 0 Å². The molecule has 82 valence electrons. The van der Waals surface area contributed by atoms with E-state index in [2.05, 4.69) is 25.1 Å². The highest BCUT2D eigenvalue weighted by molar-refractivity contribution is 5.36. The Morgan fingerprint density at radius 1 is 1.40 bits per heavy atom. The highest BCUT2D eigenvalue weighted by atomic mass is 16.5. The van der Waals surface area contributed by atoms with Gasteiger partial charge in [-0.3, -0.25) is 0 Å². The molecule has 1 saturated carbocycles. The Balaban J connectivity index is 2.12. The number of rotatable bonds is 5. The van der Waals surface area contributed by atoms with Crippen LogP contribution in [0.4, 0.5) is 0 Å². The second kappa shape index (κ2) is 4.67. The van der Waals surface area contributed by atoms with Gasteiger partial charge < -0.3 is 10.5 Å². The second-order valence-corrected chi connectivity index (χ2v) is 4.33. The van der Waals surface area contributed by atoms with Crippen LogP contribution in [0.25, 0.3) is 0 Å². The van der Waals surface area contributed by atoms with Crippen molar-refractivity contribution in [3.05, 3.63) is 29.8 Å². The van der Waals surface area contributed by atoms with Gasteiger partial charge in [-0.1, -0.05) is 25.1 Å². The summed E-state index contributed by atoms with van der Waals surface area (Å²) >= 11 is 0. The van der Waals surface area contributed by atoms with Gasteiger partial charge >= 0.3 is 0 Å². The Morgan fingerprint density at radius 2 is 2.13 bits per heavy atom. The lowest BCUT2D eigenvalue weighted by Gasteiger charge is -2.16. The van der Waals surface area contributed by atoms with Crippen molar-refractivity contribution >= 4 is 0 Å². The molecule has 1 aromatic rings. The molecule has 1 fully saturated rings. The first-order chi connectivity index (χ1) is 7.31. The standard InChI is InChI=1S/C13H19NO/c1-10(8-9-14)12-4-2-3-5-13(12)15-11-6-7-11/h2-5,10-11H,6-9,14H2,1H3. The summed E-state index contributed by atoms with van der Waals surface area (Å²) in [6.07, 6.45) is 3.90. The van der Waals surface area contributed by atoms with Crippen molar-refractivity contribution < 1.29 is 4.74 Å². The summed E-state index contributed by atoms with van der Waals surface area (Å²) in [6, 6.07) is 8.33. The molecule has 0 saturated heterocycles. The quantitative estimate of drug-likeness (QED) is 0.802. The largest absolute Gasteiger partial charge is 0.490 e. The van der Waals surface area contributed by atoms with Crippen LogP contribution < -0.4 is 10.5 Å². The van der Waals surface area contributed by atoms with E-state index in [4.69, 9.17) is 10.5 Å². The average Bonchev–Trinajstić information content (AvgIpc) is 3.03. The van der Waals surface area contributed by atoms with Crippen LogP contribution in [0.15, 0.2) is 24.3 Å². The molecule has 1 atom stereocenters. The fraction of sp³-hybridized carbons (Fsp3) is 0.538. The molecular weight excluding hydrogens is 186 g/mol. The first-order valence-corrected chi connectivity index (χ1v) is 5.77. The van der Waals surface area contributed by atoms with Crippen LogP contribution in [0.1, 0.15) is 37.7 Å². The van der Waals surface area contributed by atoms with Crippen LogP contribution in [0.2, 0.25) is 0 Å². The van der Waals surface area contributed by atoms with Gasteiger partial charge in [0.2, 0.25) is 0 Å². The lowest BCUT2D eigenvalue weighted by Crippen LogP contribution is -2.07. The SMILES string of the molecule is CC(CCN)c1ccccc1OC1CC1. The minimum Gasteiger partial charge on any atom is -0.490 e. The summed E-state index contributed by atoms with van der Waals surface area (Å²) in [6.45, 7) is 2.95. The van der Waals surface area contributed by atoms with Gasteiger partial charge in [0.25, 0.3) is 0 Å². The number of hydrogen-bond donors (Lipinski definition) is 1. The number of ether oxygens (including phenoxy) is 1. The molecule has 15 heavy (non-hydrogen) atoms. The Labute approximate surface area is 91.4 Å². The van der Waals surface area contributed by atoms with Crippen molar-refractivity contribution in [2.24, 2.45) is 5.73 Å². The van der Waals surface area contributed by atoms with Crippen molar-refractivity contribution in [1.29, 1.82) is 0 Å². The molecule has 0 spiro atoms. The Hall–Kier alpha value is -1.02. The molecule has 2 rings (SSSR count). The average molecular weight is 205 g/mol. The van der Waals surface area contributed by atoms with E-state index in [0.29, 0.717) is 12.0 Å². The van der Waals surface area contributed by atoms with Gasteiger partial charge in [-0.25, -0.2) is 0 Å². The van der Waals surface area contributed by atoms with Crippen molar-refractivity contribution in [2.45, 2.75) is 38.2 Å². The zero-order valence-electron chi connectivity index (χ0n) is 9.28. The van der Waals surface area contributed by atoms with Gasteiger partial charge in [0.05, 0.1) is 6.10 Å². The van der Waals surface area contributed by atoms with E-state index in [1.165, 1.54) is 18.4 Å². The summed E-state index contributed by atoms with van der Waals surface area (Å²) in [4.78, 5) is 0. The van der Waals surface area contributed by atoms with Crippen molar-refractivity contribution in [2.75, 3.05) is 6.54 Å². The molecule has 0 radical (unpaired) electrons. The lowest BCUT2D eigenvalue weighted by atomic mass is 9.97. The normalized spacial score (nSPS) is 17.5. The fourth-order valence-electron chi connectivity index (χ4n) is 1.77. The third-order valence-electron chi connectivity index (χ3n) is 2.87. The Morgan fingerprint density at radius 3 is 2.80 bits per heavy atom. The molecule has 1 unspecified atom stereocenters. The van der Waals surface area contributed by atoms with Crippen molar-refractivity contribution in [3.63, 3.8) is 0 Å². The van der Waals surface area contributed by atoms with Gasteiger partial charge in [-0.2, -0.15) is 0 Å². The van der Waals surface area contributed by atoms with Gasteiger partial charge in [0.15, 0.2) is 0 Å². The van der Waals surface area contributed by atoms with Crippen LogP contribution in [-0.4, -0.2) is 12.6 Å². The highest BCUT2D eigenvalue weighted by Crippen LogP contribution is 2.33. The molecule has 0 bridgehead atoms. The predicted molar refractivity (Wildman–Crippen MR) is 62.2 cm³/mol. The first-order valence-electron chi connectivity index (χ1n) is 5.77. The van der Waals surface area contributed by atoms with Gasteiger partial charge in [0.1, 0.15) is 5.75 Å². The van der Waals surface area contributed by atoms with Gasteiger partial charge in [-0.05, 0) is 43.4 Å². The summed E-state index contributed by atoms with van der Waals surface area (Å²) in [5, 5.41) is 0. The number of nitrogens with two attached hydrogens (primary N) is 1. The summed E-state index contributed by atoms with van der Waals surface area (Å²) < 4.78 is 5.88. The maximum absolute atomic E-state index is 5.88. The van der Waals surface area contributed by atoms with E-state index in [1.54, 1.807) is 0 Å². The third-order valence-corrected chi connectivity index (χ3v) is 2.87. The van der Waals surface area contributed by atoms with E-state index in [-0.39, 0.29) is 0 Å². The van der Waals surface area contributed by atoms with E-state index in [9.17, 15) is 0 Å². The van der Waals surface area contributed by atoms with Crippen LogP contribution in [0, 0.1) is 0 Å². The first kappa shape index (κ1) is 10.5. The summed E-state index contributed by atoms with van der Waals surface area (Å²) in [5.41, 5.74) is 6.89. The van der Waals surface area contributed by atoms with Crippen LogP contribution in [0.3, 0.4) is 0 Å². The Kier molecular flexibility index (Phi) is 3.27.